The van der Waals surface area contributed by atoms with Gasteiger partial charge in [-0.25, -0.2) is 0 Å². The number of aliphatic carboxylic acids is 1. The number of phenolic OH excluding ortho intramolecular Hbond substituents is 2. The second-order valence-electron chi connectivity index (χ2n) is 6.19. The fourth-order valence-electron chi connectivity index (χ4n) is 2.21. The molecule has 0 saturated carbocycles. The van der Waals surface area contributed by atoms with Crippen LogP contribution in [0.5, 0.6) is 11.5 Å². The Hall–Kier alpha value is -3.26. The van der Waals surface area contributed by atoms with E-state index in [1.54, 1.807) is 24.3 Å². The highest BCUT2D eigenvalue weighted by Crippen LogP contribution is 2.38. The standard InChI is InChI=1S/C18H19N3O5/c1-10(22)12-3-5-13(6-4-12)20-21-14-7-11(8-15(23)16(14)24)9-18(2,19)17(25)26/h3-8,23-24H,9,19H2,1-2H3,(H,25,26)/t18-/m0/s1. The van der Waals surface area contributed by atoms with E-state index in [4.69, 9.17) is 10.8 Å². The summed E-state index contributed by atoms with van der Waals surface area (Å²) in [6.45, 7) is 2.79. The Kier molecular flexibility index (Phi) is 5.37. The van der Waals surface area contributed by atoms with Crippen LogP contribution in [0.1, 0.15) is 29.8 Å². The number of carbonyl (C=O) groups is 2. The third-order valence-corrected chi connectivity index (χ3v) is 3.74. The molecule has 1 atom stereocenters. The van der Waals surface area contributed by atoms with Crippen molar-refractivity contribution in [1.29, 1.82) is 0 Å². The number of benzene rings is 2. The number of azo groups is 1. The van der Waals surface area contributed by atoms with E-state index in [2.05, 4.69) is 10.2 Å². The number of ketones is 1. The quantitative estimate of drug-likeness (QED) is 0.355. The first kappa shape index (κ1) is 19.1. The Balaban J connectivity index is 2.31. The van der Waals surface area contributed by atoms with Crippen LogP contribution in [0.15, 0.2) is 46.6 Å². The van der Waals surface area contributed by atoms with Crippen molar-refractivity contribution in [1.82, 2.24) is 0 Å². The average molecular weight is 357 g/mol. The molecule has 0 fully saturated rings. The molecular formula is C18H19N3O5. The Morgan fingerprint density at radius 2 is 1.73 bits per heavy atom. The summed E-state index contributed by atoms with van der Waals surface area (Å²) in [7, 11) is 0. The van der Waals surface area contributed by atoms with Gasteiger partial charge in [-0.15, -0.1) is 5.11 Å². The minimum absolute atomic E-state index is 0.0307. The van der Waals surface area contributed by atoms with Gasteiger partial charge in [0.15, 0.2) is 17.3 Å². The summed E-state index contributed by atoms with van der Waals surface area (Å²) in [4.78, 5) is 22.4. The molecule has 5 N–H and O–H groups in total. The van der Waals surface area contributed by atoms with Crippen LogP contribution >= 0.6 is 0 Å². The Morgan fingerprint density at radius 3 is 2.27 bits per heavy atom. The lowest BCUT2D eigenvalue weighted by atomic mass is 9.93. The van der Waals surface area contributed by atoms with E-state index in [0.717, 1.165) is 0 Å². The minimum Gasteiger partial charge on any atom is -0.504 e. The number of nitrogens with two attached hydrogens (primary N) is 1. The van der Waals surface area contributed by atoms with Crippen LogP contribution in [0, 0.1) is 0 Å². The molecule has 26 heavy (non-hydrogen) atoms. The molecule has 2 aromatic carbocycles. The number of hydrogen-bond acceptors (Lipinski definition) is 7. The Bertz CT molecular complexity index is 873. The molecule has 0 unspecified atom stereocenters. The van der Waals surface area contributed by atoms with Crippen LogP contribution in [-0.4, -0.2) is 32.6 Å². The minimum atomic E-state index is -1.54. The predicted octanol–water partition coefficient (Wildman–Crippen LogP) is 3.06. The van der Waals surface area contributed by atoms with Gasteiger partial charge in [0.2, 0.25) is 0 Å². The van der Waals surface area contributed by atoms with Crippen molar-refractivity contribution >= 4 is 23.1 Å². The van der Waals surface area contributed by atoms with Gasteiger partial charge in [-0.3, -0.25) is 9.59 Å². The second kappa shape index (κ2) is 7.32. The van der Waals surface area contributed by atoms with Crippen molar-refractivity contribution < 1.29 is 24.9 Å². The molecule has 2 rings (SSSR count). The summed E-state index contributed by atoms with van der Waals surface area (Å²) >= 11 is 0. The number of carboxylic acid groups (broad SMARTS) is 1. The van der Waals surface area contributed by atoms with Crippen molar-refractivity contribution in [3.63, 3.8) is 0 Å². The monoisotopic (exact) mass is 357 g/mol. The molecule has 0 aliphatic heterocycles. The topological polar surface area (TPSA) is 146 Å². The smallest absolute Gasteiger partial charge is 0.323 e. The van der Waals surface area contributed by atoms with E-state index in [-0.39, 0.29) is 17.9 Å². The summed E-state index contributed by atoms with van der Waals surface area (Å²) in [5.74, 6) is -2.21. The molecule has 0 aliphatic rings. The predicted molar refractivity (Wildman–Crippen MR) is 94.3 cm³/mol. The molecule has 0 amide bonds. The lowest BCUT2D eigenvalue weighted by Crippen LogP contribution is -2.46. The highest BCUT2D eigenvalue weighted by Gasteiger charge is 2.28. The van der Waals surface area contributed by atoms with Crippen LogP contribution in [0.3, 0.4) is 0 Å². The van der Waals surface area contributed by atoms with Gasteiger partial charge in [0.25, 0.3) is 0 Å². The second-order valence-corrected chi connectivity index (χ2v) is 6.19. The molecule has 0 saturated heterocycles. The molecule has 0 aliphatic carbocycles. The van der Waals surface area contributed by atoms with Crippen LogP contribution in [-0.2, 0) is 11.2 Å². The summed E-state index contributed by atoms with van der Waals surface area (Å²) in [6.07, 6.45) is -0.0774. The van der Waals surface area contributed by atoms with Gasteiger partial charge in [-0.2, -0.15) is 5.11 Å². The molecule has 2 aromatic rings. The lowest BCUT2D eigenvalue weighted by Gasteiger charge is -2.19. The summed E-state index contributed by atoms with van der Waals surface area (Å²) in [5.41, 5.74) is 5.49. The van der Waals surface area contributed by atoms with Gasteiger partial charge >= 0.3 is 5.97 Å². The first-order valence-corrected chi connectivity index (χ1v) is 7.70. The first-order valence-electron chi connectivity index (χ1n) is 7.70. The molecule has 0 heterocycles. The third kappa shape index (κ3) is 4.42. The number of phenols is 2. The van der Waals surface area contributed by atoms with Crippen LogP contribution in [0.25, 0.3) is 0 Å². The van der Waals surface area contributed by atoms with E-state index in [9.17, 15) is 19.8 Å². The maximum atomic E-state index is 11.3. The number of Topliss-reactive ketones (excluding diaryl/α,β-unsaturated/α-hetero) is 1. The first-order chi connectivity index (χ1) is 12.1. The molecule has 0 radical (unpaired) electrons. The van der Waals surface area contributed by atoms with Gasteiger partial charge in [0, 0.05) is 12.0 Å². The molecule has 136 valence electrons. The van der Waals surface area contributed by atoms with E-state index in [1.165, 1.54) is 26.0 Å². The number of hydrogen-bond donors (Lipinski definition) is 4. The van der Waals surface area contributed by atoms with Gasteiger partial charge in [-0.1, -0.05) is 0 Å². The van der Waals surface area contributed by atoms with E-state index < -0.39 is 23.0 Å². The fourth-order valence-corrected chi connectivity index (χ4v) is 2.21. The van der Waals surface area contributed by atoms with E-state index in [1.807, 2.05) is 0 Å². The SMILES string of the molecule is CC(=O)c1ccc(N=Nc2cc(C[C@](C)(N)C(=O)O)cc(O)c2O)cc1. The molecular weight excluding hydrogens is 338 g/mol. The van der Waals surface area contributed by atoms with Gasteiger partial charge in [0.05, 0.1) is 5.69 Å². The zero-order chi connectivity index (χ0) is 19.5. The maximum absolute atomic E-state index is 11.3. The molecule has 8 nitrogen and oxygen atoms in total. The molecule has 0 aromatic heterocycles. The van der Waals surface area contributed by atoms with Crippen LogP contribution in [0.4, 0.5) is 11.4 Å². The maximum Gasteiger partial charge on any atom is 0.323 e. The van der Waals surface area contributed by atoms with Gasteiger partial charge in [0.1, 0.15) is 11.2 Å². The average Bonchev–Trinajstić information content (AvgIpc) is 2.56. The third-order valence-electron chi connectivity index (χ3n) is 3.74. The van der Waals surface area contributed by atoms with Gasteiger partial charge in [-0.05, 0) is 55.8 Å². The zero-order valence-electron chi connectivity index (χ0n) is 14.3. The number of aromatic hydroxyl groups is 2. The number of rotatable bonds is 6. The van der Waals surface area contributed by atoms with Gasteiger partial charge < -0.3 is 21.1 Å². The fraction of sp³-hybridized carbons (Fsp3) is 0.222. The molecule has 8 heteroatoms. The zero-order valence-corrected chi connectivity index (χ0v) is 14.3. The van der Waals surface area contributed by atoms with Crippen molar-refractivity contribution in [2.75, 3.05) is 0 Å². The molecule has 0 bridgehead atoms. The summed E-state index contributed by atoms with van der Waals surface area (Å²) < 4.78 is 0. The van der Waals surface area contributed by atoms with Crippen molar-refractivity contribution in [2.24, 2.45) is 16.0 Å². The van der Waals surface area contributed by atoms with Crippen LogP contribution < -0.4 is 5.73 Å². The van der Waals surface area contributed by atoms with Crippen LogP contribution in [0.2, 0.25) is 0 Å². The highest BCUT2D eigenvalue weighted by atomic mass is 16.4. The van der Waals surface area contributed by atoms with Crippen molar-refractivity contribution in [3.05, 3.63) is 47.5 Å². The Morgan fingerprint density at radius 1 is 1.12 bits per heavy atom. The largest absolute Gasteiger partial charge is 0.504 e. The number of nitrogens with zero attached hydrogens (tertiary/aromatic N) is 2. The highest BCUT2D eigenvalue weighted by molar-refractivity contribution is 5.94. The molecule has 0 spiro atoms. The van der Waals surface area contributed by atoms with E-state index >= 15 is 0 Å². The number of carbonyl (C=O) groups excluding carboxylic acids is 1. The van der Waals surface area contributed by atoms with Crippen molar-refractivity contribution in [3.8, 4) is 11.5 Å². The van der Waals surface area contributed by atoms with Crippen molar-refractivity contribution in [2.45, 2.75) is 25.8 Å². The normalized spacial score (nSPS) is 13.5. The van der Waals surface area contributed by atoms with E-state index in [0.29, 0.717) is 16.8 Å². The summed E-state index contributed by atoms with van der Waals surface area (Å²) in [6, 6.07) is 8.99. The Labute approximate surface area is 149 Å². The number of carboxylic acids is 1. The lowest BCUT2D eigenvalue weighted by molar-refractivity contribution is -0.142. The summed E-state index contributed by atoms with van der Waals surface area (Å²) in [5, 5.41) is 36.7.